The summed E-state index contributed by atoms with van der Waals surface area (Å²) in [6, 6.07) is 89.5. The predicted molar refractivity (Wildman–Crippen MR) is 263 cm³/mol. The van der Waals surface area contributed by atoms with E-state index in [0.29, 0.717) is 0 Å². The average molecular weight is 801 g/mol. The van der Waals surface area contributed by atoms with E-state index in [0.717, 1.165) is 11.4 Å². The molecule has 13 rings (SSSR count). The third-order valence-electron chi connectivity index (χ3n) is 13.6. The van der Waals surface area contributed by atoms with Gasteiger partial charge in [0.1, 0.15) is 0 Å². The van der Waals surface area contributed by atoms with E-state index in [-0.39, 0.29) is 0 Å². The molecule has 0 spiro atoms. The van der Waals surface area contributed by atoms with Gasteiger partial charge in [0.2, 0.25) is 0 Å². The molecule has 0 amide bonds. The van der Waals surface area contributed by atoms with Crippen molar-refractivity contribution in [2.24, 2.45) is 0 Å². The summed E-state index contributed by atoms with van der Waals surface area (Å²) in [4.78, 5) is 0. The zero-order valence-electron chi connectivity index (χ0n) is 34.5. The van der Waals surface area contributed by atoms with Gasteiger partial charge in [-0.3, -0.25) is 0 Å². The summed E-state index contributed by atoms with van der Waals surface area (Å²) in [5.74, 6) is 0. The van der Waals surface area contributed by atoms with Gasteiger partial charge in [0.25, 0.3) is 0 Å². The van der Waals surface area contributed by atoms with Crippen LogP contribution in [0.5, 0.6) is 0 Å². The Kier molecular flexibility index (Phi) is 7.85. The van der Waals surface area contributed by atoms with E-state index in [1.54, 1.807) is 0 Å². The minimum atomic E-state index is -0.478. The maximum absolute atomic E-state index is 2.49. The summed E-state index contributed by atoms with van der Waals surface area (Å²) < 4.78 is 4.89. The van der Waals surface area contributed by atoms with Crippen LogP contribution >= 0.6 is 0 Å². The lowest BCUT2D eigenvalue weighted by atomic mass is 9.67. The molecule has 0 saturated heterocycles. The Labute approximate surface area is 366 Å². The van der Waals surface area contributed by atoms with Gasteiger partial charge in [-0.15, -0.1) is 0 Å². The molecule has 12 aromatic rings. The van der Waals surface area contributed by atoms with Crippen molar-refractivity contribution in [2.75, 3.05) is 0 Å². The zero-order valence-corrected chi connectivity index (χ0v) is 34.5. The molecular formula is C61H40N2. The van der Waals surface area contributed by atoms with Gasteiger partial charge in [0.15, 0.2) is 0 Å². The lowest BCUT2D eigenvalue weighted by molar-refractivity contribution is 0.770. The van der Waals surface area contributed by atoms with Crippen molar-refractivity contribution in [3.8, 4) is 44.8 Å². The van der Waals surface area contributed by atoms with Crippen LogP contribution in [-0.4, -0.2) is 9.13 Å². The molecule has 1 aliphatic rings. The molecule has 2 heterocycles. The summed E-state index contributed by atoms with van der Waals surface area (Å²) in [5.41, 5.74) is 19.2. The number of aromatic nitrogens is 2. The summed E-state index contributed by atoms with van der Waals surface area (Å²) in [7, 11) is 0. The van der Waals surface area contributed by atoms with E-state index in [1.807, 2.05) is 0 Å². The number of nitrogens with zero attached hydrogens (tertiary/aromatic N) is 2. The molecule has 0 fully saturated rings. The van der Waals surface area contributed by atoms with Gasteiger partial charge in [-0.25, -0.2) is 0 Å². The molecule has 63 heavy (non-hydrogen) atoms. The Balaban J connectivity index is 1.05. The first-order valence-electron chi connectivity index (χ1n) is 21.8. The fourth-order valence-electron chi connectivity index (χ4n) is 11.0. The summed E-state index contributed by atoms with van der Waals surface area (Å²) >= 11 is 0. The molecule has 0 saturated carbocycles. The molecule has 2 aromatic heterocycles. The standard InChI is InChI=1S/C61H40N2/c1-4-18-41(19-5-1)42-20-16-25-47(38-42)63-56-32-15-12-28-52(56)60-48(29-17-33-58(60)63)43-34-36-51-53-40-45(35-37-57(53)62(59(51)39-43)46-23-8-3-9-24-46)61(44-21-6-2-7-22-44)54-30-13-10-26-49(54)50-27-11-14-31-55(50)61/h1-40H. The number of hydrogen-bond acceptors (Lipinski definition) is 0. The molecule has 0 N–H and O–H groups in total. The Hall–Kier alpha value is -8.20. The van der Waals surface area contributed by atoms with E-state index in [2.05, 4.69) is 252 Å². The Morgan fingerprint density at radius 3 is 1.62 bits per heavy atom. The van der Waals surface area contributed by atoms with E-state index in [1.165, 1.54) is 99.2 Å². The second kappa shape index (κ2) is 13.9. The van der Waals surface area contributed by atoms with E-state index < -0.39 is 5.41 Å². The Morgan fingerprint density at radius 2 is 0.841 bits per heavy atom. The minimum Gasteiger partial charge on any atom is -0.309 e. The van der Waals surface area contributed by atoms with Crippen LogP contribution in [0.2, 0.25) is 0 Å². The highest BCUT2D eigenvalue weighted by Gasteiger charge is 2.46. The van der Waals surface area contributed by atoms with Crippen molar-refractivity contribution in [1.82, 2.24) is 9.13 Å². The maximum atomic E-state index is 2.49. The number of rotatable bonds is 6. The van der Waals surface area contributed by atoms with Crippen molar-refractivity contribution in [1.29, 1.82) is 0 Å². The van der Waals surface area contributed by atoms with Gasteiger partial charge in [0.05, 0.1) is 27.5 Å². The number of hydrogen-bond donors (Lipinski definition) is 0. The van der Waals surface area contributed by atoms with E-state index in [4.69, 9.17) is 0 Å². The predicted octanol–water partition coefficient (Wildman–Crippen LogP) is 15.6. The molecular weight excluding hydrogens is 761 g/mol. The normalized spacial score (nSPS) is 12.9. The Bertz CT molecular complexity index is 3680. The second-order valence-electron chi connectivity index (χ2n) is 16.8. The fourth-order valence-corrected chi connectivity index (χ4v) is 11.0. The first kappa shape index (κ1) is 35.5. The number of para-hydroxylation sites is 2. The van der Waals surface area contributed by atoms with E-state index in [9.17, 15) is 0 Å². The van der Waals surface area contributed by atoms with Crippen molar-refractivity contribution >= 4 is 43.6 Å². The van der Waals surface area contributed by atoms with Crippen LogP contribution in [0.15, 0.2) is 243 Å². The van der Waals surface area contributed by atoms with Crippen LogP contribution in [0.1, 0.15) is 22.3 Å². The van der Waals surface area contributed by atoms with Crippen LogP contribution < -0.4 is 0 Å². The highest BCUT2D eigenvalue weighted by atomic mass is 15.0. The van der Waals surface area contributed by atoms with Gasteiger partial charge in [-0.05, 0) is 110 Å². The van der Waals surface area contributed by atoms with Crippen LogP contribution in [0, 0.1) is 0 Å². The highest BCUT2D eigenvalue weighted by molar-refractivity contribution is 6.17. The van der Waals surface area contributed by atoms with Crippen LogP contribution in [0.25, 0.3) is 88.4 Å². The molecule has 1 aliphatic carbocycles. The first-order chi connectivity index (χ1) is 31.3. The minimum absolute atomic E-state index is 0.478. The summed E-state index contributed by atoms with van der Waals surface area (Å²) in [6.07, 6.45) is 0. The maximum Gasteiger partial charge on any atom is 0.0713 e. The monoisotopic (exact) mass is 800 g/mol. The van der Waals surface area contributed by atoms with Gasteiger partial charge < -0.3 is 9.13 Å². The summed E-state index contributed by atoms with van der Waals surface area (Å²) in [6.45, 7) is 0. The van der Waals surface area contributed by atoms with Crippen LogP contribution in [0.4, 0.5) is 0 Å². The smallest absolute Gasteiger partial charge is 0.0713 e. The lowest BCUT2D eigenvalue weighted by Crippen LogP contribution is -2.28. The molecule has 2 heteroatoms. The SMILES string of the molecule is c1ccc(-c2cccc(-n3c4ccccc4c4c(-c5ccc6c7cc(C8(c9ccccc9)c9ccccc9-c9ccccc98)ccc7n(-c7ccccc7)c6c5)cccc43)c2)cc1. The Morgan fingerprint density at radius 1 is 0.270 bits per heavy atom. The molecule has 294 valence electrons. The quantitative estimate of drug-likeness (QED) is 0.159. The molecule has 2 nitrogen and oxygen atoms in total. The van der Waals surface area contributed by atoms with Crippen molar-refractivity contribution < 1.29 is 0 Å². The van der Waals surface area contributed by atoms with Gasteiger partial charge >= 0.3 is 0 Å². The van der Waals surface area contributed by atoms with Crippen LogP contribution in [0.3, 0.4) is 0 Å². The molecule has 0 atom stereocenters. The van der Waals surface area contributed by atoms with Gasteiger partial charge in [0, 0.05) is 32.9 Å². The first-order valence-corrected chi connectivity index (χ1v) is 21.8. The number of benzene rings is 10. The van der Waals surface area contributed by atoms with Gasteiger partial charge in [-0.2, -0.15) is 0 Å². The third kappa shape index (κ3) is 5.19. The molecule has 10 aromatic carbocycles. The average Bonchev–Trinajstić information content (AvgIpc) is 3.99. The van der Waals surface area contributed by atoms with Crippen LogP contribution in [-0.2, 0) is 5.41 Å². The van der Waals surface area contributed by atoms with Crippen molar-refractivity contribution in [3.63, 3.8) is 0 Å². The largest absolute Gasteiger partial charge is 0.309 e. The lowest BCUT2D eigenvalue weighted by Gasteiger charge is -2.34. The third-order valence-corrected chi connectivity index (χ3v) is 13.6. The summed E-state index contributed by atoms with van der Waals surface area (Å²) in [5, 5.41) is 4.97. The van der Waals surface area contributed by atoms with E-state index >= 15 is 0 Å². The topological polar surface area (TPSA) is 9.86 Å². The highest BCUT2D eigenvalue weighted by Crippen LogP contribution is 2.56. The molecule has 0 bridgehead atoms. The molecule has 0 unspecified atom stereocenters. The van der Waals surface area contributed by atoms with Crippen molar-refractivity contribution in [2.45, 2.75) is 5.41 Å². The molecule has 0 radical (unpaired) electrons. The number of fused-ring (bicyclic) bond motifs is 9. The van der Waals surface area contributed by atoms with Crippen molar-refractivity contribution in [3.05, 3.63) is 265 Å². The fraction of sp³-hybridized carbons (Fsp3) is 0.0164. The zero-order chi connectivity index (χ0) is 41.5. The molecule has 0 aliphatic heterocycles. The second-order valence-corrected chi connectivity index (χ2v) is 16.8. The van der Waals surface area contributed by atoms with Gasteiger partial charge in [-0.1, -0.05) is 188 Å².